The Bertz CT molecular complexity index is 804. The van der Waals surface area contributed by atoms with Crippen molar-refractivity contribution in [3.63, 3.8) is 0 Å². The fraction of sp³-hybridized carbons (Fsp3) is 0.680. The Balaban J connectivity index is 1.64. The standard InChI is InChI=1S/C25H34ClN3S/c26-20-13-5-6-14-21(20)29-23(27-19-11-3-1-4-12-19)22(28-17-9-10-18-28)25(24(29)30)15-7-2-8-16-25/h5-6,13-14,19,22H,1-4,7-12,15-18H2. The summed E-state index contributed by atoms with van der Waals surface area (Å²) in [6, 6.07) is 8.98. The monoisotopic (exact) mass is 443 g/mol. The van der Waals surface area contributed by atoms with E-state index in [1.54, 1.807) is 0 Å². The second-order valence-corrected chi connectivity index (χ2v) is 10.5. The van der Waals surface area contributed by atoms with Crippen LogP contribution in [0, 0.1) is 5.41 Å². The molecule has 0 N–H and O–H groups in total. The van der Waals surface area contributed by atoms with Gasteiger partial charge in [0, 0.05) is 5.41 Å². The van der Waals surface area contributed by atoms with Crippen LogP contribution in [-0.4, -0.2) is 40.9 Å². The molecule has 4 fully saturated rings. The van der Waals surface area contributed by atoms with Crippen LogP contribution in [-0.2, 0) is 0 Å². The fourth-order valence-electron chi connectivity index (χ4n) is 6.39. The van der Waals surface area contributed by atoms with Gasteiger partial charge in [0.05, 0.1) is 27.8 Å². The van der Waals surface area contributed by atoms with Crippen LogP contribution >= 0.6 is 23.8 Å². The molecule has 30 heavy (non-hydrogen) atoms. The summed E-state index contributed by atoms with van der Waals surface area (Å²) in [5, 5.41) is 0.782. The summed E-state index contributed by atoms with van der Waals surface area (Å²) in [5.41, 5.74) is 1.08. The molecule has 1 atom stereocenters. The van der Waals surface area contributed by atoms with Crippen LogP contribution in [0.15, 0.2) is 29.3 Å². The molecule has 2 heterocycles. The number of amidine groups is 1. The SMILES string of the molecule is S=C1N(c2ccccc2Cl)C(=NC2CCCCC2)C(N2CCCC2)C12CCCCC2. The number of thiocarbonyl (C=S) groups is 1. The fourth-order valence-corrected chi connectivity index (χ4v) is 7.11. The Kier molecular flexibility index (Phi) is 6.19. The van der Waals surface area contributed by atoms with Gasteiger partial charge < -0.3 is 0 Å². The van der Waals surface area contributed by atoms with Gasteiger partial charge in [0.25, 0.3) is 0 Å². The molecule has 0 bridgehead atoms. The number of benzene rings is 1. The molecule has 0 radical (unpaired) electrons. The Hall–Kier alpha value is -0.970. The molecule has 5 heteroatoms. The molecule has 2 saturated heterocycles. The molecule has 0 aromatic heterocycles. The Morgan fingerprint density at radius 3 is 2.27 bits per heavy atom. The van der Waals surface area contributed by atoms with Gasteiger partial charge in [0.1, 0.15) is 5.84 Å². The number of nitrogens with zero attached hydrogens (tertiary/aromatic N) is 3. The molecule has 1 aromatic carbocycles. The maximum atomic E-state index is 6.74. The highest BCUT2D eigenvalue weighted by molar-refractivity contribution is 7.80. The van der Waals surface area contributed by atoms with Gasteiger partial charge in [-0.15, -0.1) is 0 Å². The number of para-hydroxylation sites is 1. The summed E-state index contributed by atoms with van der Waals surface area (Å²) in [6.07, 6.45) is 15.2. The number of hydrogen-bond acceptors (Lipinski definition) is 3. The van der Waals surface area contributed by atoms with E-state index in [4.69, 9.17) is 28.8 Å². The van der Waals surface area contributed by atoms with Crippen LogP contribution in [0.25, 0.3) is 0 Å². The van der Waals surface area contributed by atoms with Crippen molar-refractivity contribution in [1.82, 2.24) is 4.90 Å². The highest BCUT2D eigenvalue weighted by Gasteiger charge is 2.58. The van der Waals surface area contributed by atoms with Crippen LogP contribution < -0.4 is 4.90 Å². The lowest BCUT2D eigenvalue weighted by Crippen LogP contribution is -2.50. The molecule has 162 valence electrons. The zero-order valence-corrected chi connectivity index (χ0v) is 19.6. The van der Waals surface area contributed by atoms with Crippen molar-refractivity contribution in [2.75, 3.05) is 18.0 Å². The van der Waals surface area contributed by atoms with E-state index in [-0.39, 0.29) is 5.41 Å². The van der Waals surface area contributed by atoms with E-state index >= 15 is 0 Å². The summed E-state index contributed by atoms with van der Waals surface area (Å²) in [6.45, 7) is 2.35. The number of aliphatic imine (C=N–C) groups is 1. The van der Waals surface area contributed by atoms with Crippen molar-refractivity contribution >= 4 is 40.3 Å². The molecule has 2 saturated carbocycles. The molecule has 2 aliphatic carbocycles. The van der Waals surface area contributed by atoms with Crippen LogP contribution in [0.2, 0.25) is 5.02 Å². The molecule has 1 spiro atoms. The minimum atomic E-state index is 0.0462. The zero-order chi connectivity index (χ0) is 20.6. The second-order valence-electron chi connectivity index (χ2n) is 9.73. The second kappa shape index (κ2) is 8.88. The average molecular weight is 444 g/mol. The van der Waals surface area contributed by atoms with Gasteiger partial charge in [0.15, 0.2) is 0 Å². The largest absolute Gasteiger partial charge is 0.293 e. The van der Waals surface area contributed by atoms with E-state index in [1.807, 2.05) is 12.1 Å². The van der Waals surface area contributed by atoms with E-state index in [9.17, 15) is 0 Å². The van der Waals surface area contributed by atoms with Crippen molar-refractivity contribution in [2.24, 2.45) is 10.4 Å². The maximum Gasteiger partial charge on any atom is 0.127 e. The lowest BCUT2D eigenvalue weighted by Gasteiger charge is -2.41. The van der Waals surface area contributed by atoms with Crippen molar-refractivity contribution in [3.05, 3.63) is 29.3 Å². The lowest BCUT2D eigenvalue weighted by atomic mass is 9.70. The quantitative estimate of drug-likeness (QED) is 0.488. The average Bonchev–Trinajstić information content (AvgIpc) is 3.37. The minimum absolute atomic E-state index is 0.0462. The molecule has 1 unspecified atom stereocenters. The van der Waals surface area contributed by atoms with Crippen molar-refractivity contribution in [3.8, 4) is 0 Å². The Morgan fingerprint density at radius 2 is 1.57 bits per heavy atom. The maximum absolute atomic E-state index is 6.74. The van der Waals surface area contributed by atoms with Gasteiger partial charge in [0.2, 0.25) is 0 Å². The van der Waals surface area contributed by atoms with Crippen LogP contribution in [0.5, 0.6) is 0 Å². The molecular weight excluding hydrogens is 410 g/mol. The van der Waals surface area contributed by atoms with Gasteiger partial charge in [-0.1, -0.05) is 74.5 Å². The van der Waals surface area contributed by atoms with Crippen molar-refractivity contribution < 1.29 is 0 Å². The molecule has 1 aromatic rings. The molecule has 4 aliphatic rings. The number of halogens is 1. The van der Waals surface area contributed by atoms with E-state index in [0.717, 1.165) is 15.7 Å². The molecule has 5 rings (SSSR count). The van der Waals surface area contributed by atoms with E-state index in [1.165, 1.54) is 96.0 Å². The highest BCUT2D eigenvalue weighted by Crippen LogP contribution is 2.51. The summed E-state index contributed by atoms with van der Waals surface area (Å²) >= 11 is 13.1. The topological polar surface area (TPSA) is 18.8 Å². The normalized spacial score (nSPS) is 29.4. The first-order valence-corrected chi connectivity index (χ1v) is 12.9. The van der Waals surface area contributed by atoms with Crippen molar-refractivity contribution in [1.29, 1.82) is 0 Å². The smallest absolute Gasteiger partial charge is 0.127 e. The molecule has 2 aliphatic heterocycles. The highest BCUT2D eigenvalue weighted by atomic mass is 35.5. The summed E-state index contributed by atoms with van der Waals surface area (Å²) in [4.78, 5) is 11.6. The van der Waals surface area contributed by atoms with E-state index < -0.39 is 0 Å². The third-order valence-electron chi connectivity index (χ3n) is 7.86. The molecule has 3 nitrogen and oxygen atoms in total. The summed E-state index contributed by atoms with van der Waals surface area (Å²) < 4.78 is 0. The van der Waals surface area contributed by atoms with E-state index in [0.29, 0.717) is 12.1 Å². The predicted octanol–water partition coefficient (Wildman–Crippen LogP) is 6.63. The third kappa shape index (κ3) is 3.63. The predicted molar refractivity (Wildman–Crippen MR) is 131 cm³/mol. The van der Waals surface area contributed by atoms with Gasteiger partial charge in [-0.3, -0.25) is 14.8 Å². The van der Waals surface area contributed by atoms with Gasteiger partial charge in [-0.05, 0) is 63.7 Å². The van der Waals surface area contributed by atoms with Crippen LogP contribution in [0.3, 0.4) is 0 Å². The lowest BCUT2D eigenvalue weighted by molar-refractivity contribution is 0.154. The van der Waals surface area contributed by atoms with Crippen LogP contribution in [0.1, 0.15) is 77.0 Å². The van der Waals surface area contributed by atoms with Gasteiger partial charge in [-0.25, -0.2) is 0 Å². The number of anilines is 1. The third-order valence-corrected chi connectivity index (χ3v) is 8.77. The van der Waals surface area contributed by atoms with Gasteiger partial charge >= 0.3 is 0 Å². The number of hydrogen-bond donors (Lipinski definition) is 0. The first kappa shape index (κ1) is 20.9. The summed E-state index contributed by atoms with van der Waals surface area (Å²) in [7, 11) is 0. The van der Waals surface area contributed by atoms with Crippen LogP contribution in [0.4, 0.5) is 5.69 Å². The first-order chi connectivity index (χ1) is 14.7. The van der Waals surface area contributed by atoms with Crippen molar-refractivity contribution in [2.45, 2.75) is 89.1 Å². The minimum Gasteiger partial charge on any atom is -0.293 e. The first-order valence-electron chi connectivity index (χ1n) is 12.1. The van der Waals surface area contributed by atoms with E-state index in [2.05, 4.69) is 21.9 Å². The number of likely N-dealkylation sites (tertiary alicyclic amines) is 1. The number of rotatable bonds is 3. The molecule has 0 amide bonds. The zero-order valence-electron chi connectivity index (χ0n) is 18.0. The Morgan fingerprint density at radius 1 is 0.900 bits per heavy atom. The Labute approximate surface area is 191 Å². The summed E-state index contributed by atoms with van der Waals surface area (Å²) in [5.74, 6) is 1.21. The van der Waals surface area contributed by atoms with Gasteiger partial charge in [-0.2, -0.15) is 0 Å². The molecular formula is C25H34ClN3S.